The van der Waals surface area contributed by atoms with Crippen molar-refractivity contribution in [2.75, 3.05) is 0 Å². The quantitative estimate of drug-likeness (QED) is 0.783. The second kappa shape index (κ2) is 4.40. The second-order valence-electron chi connectivity index (χ2n) is 5.26. The highest BCUT2D eigenvalue weighted by molar-refractivity contribution is 5.89. The van der Waals surface area contributed by atoms with E-state index in [1.54, 1.807) is 0 Å². The Balaban J connectivity index is 2.85. The standard InChI is InChI=1S/C16H20O/c1-10(2)14-9-12-7-5-6-8-13(12)15(11(3)4)16(14)17/h5-11,17H,1-4H3. The molecule has 2 aromatic carbocycles. The lowest BCUT2D eigenvalue weighted by atomic mass is 9.89. The Bertz CT molecular complexity index is 538. The van der Waals surface area contributed by atoms with Crippen molar-refractivity contribution in [3.8, 4) is 5.75 Å². The fourth-order valence-corrected chi connectivity index (χ4v) is 2.41. The third kappa shape index (κ3) is 2.02. The maximum atomic E-state index is 10.4. The zero-order valence-corrected chi connectivity index (χ0v) is 11.0. The Morgan fingerprint density at radius 2 is 1.59 bits per heavy atom. The lowest BCUT2D eigenvalue weighted by molar-refractivity contribution is 0.456. The molecule has 0 fully saturated rings. The van der Waals surface area contributed by atoms with Gasteiger partial charge in [0.15, 0.2) is 0 Å². The number of benzene rings is 2. The van der Waals surface area contributed by atoms with Crippen molar-refractivity contribution in [3.05, 3.63) is 41.5 Å². The molecule has 2 aromatic rings. The number of phenolic OH excluding ortho intramolecular Hbond substituents is 1. The maximum Gasteiger partial charge on any atom is 0.123 e. The third-order valence-electron chi connectivity index (χ3n) is 3.29. The number of phenols is 1. The number of rotatable bonds is 2. The van der Waals surface area contributed by atoms with Crippen LogP contribution >= 0.6 is 0 Å². The van der Waals surface area contributed by atoms with E-state index in [9.17, 15) is 5.11 Å². The van der Waals surface area contributed by atoms with Gasteiger partial charge in [-0.2, -0.15) is 0 Å². The van der Waals surface area contributed by atoms with E-state index in [2.05, 4.69) is 45.9 Å². The van der Waals surface area contributed by atoms with Gasteiger partial charge in [0, 0.05) is 5.56 Å². The van der Waals surface area contributed by atoms with Gasteiger partial charge in [0.05, 0.1) is 0 Å². The van der Waals surface area contributed by atoms with Gasteiger partial charge in [-0.3, -0.25) is 0 Å². The van der Waals surface area contributed by atoms with Crippen LogP contribution in [0.15, 0.2) is 30.3 Å². The minimum Gasteiger partial charge on any atom is -0.507 e. The average molecular weight is 228 g/mol. The van der Waals surface area contributed by atoms with Crippen molar-refractivity contribution in [2.24, 2.45) is 0 Å². The summed E-state index contributed by atoms with van der Waals surface area (Å²) in [6.45, 7) is 8.50. The van der Waals surface area contributed by atoms with E-state index in [0.717, 1.165) is 11.1 Å². The molecule has 0 unspecified atom stereocenters. The van der Waals surface area contributed by atoms with Gasteiger partial charge < -0.3 is 5.11 Å². The molecule has 2 rings (SSSR count). The zero-order valence-electron chi connectivity index (χ0n) is 11.0. The van der Waals surface area contributed by atoms with Gasteiger partial charge in [-0.25, -0.2) is 0 Å². The summed E-state index contributed by atoms with van der Waals surface area (Å²) in [6, 6.07) is 10.4. The normalized spacial score (nSPS) is 11.6. The predicted octanol–water partition coefficient (Wildman–Crippen LogP) is 4.79. The summed E-state index contributed by atoms with van der Waals surface area (Å²) in [5.41, 5.74) is 2.12. The molecule has 0 saturated carbocycles. The first-order valence-electron chi connectivity index (χ1n) is 6.27. The van der Waals surface area contributed by atoms with Crippen molar-refractivity contribution in [1.82, 2.24) is 0 Å². The van der Waals surface area contributed by atoms with E-state index >= 15 is 0 Å². The molecule has 0 atom stereocenters. The summed E-state index contributed by atoms with van der Waals surface area (Å²) >= 11 is 0. The third-order valence-corrected chi connectivity index (χ3v) is 3.29. The van der Waals surface area contributed by atoms with Crippen LogP contribution in [0.1, 0.15) is 50.7 Å². The largest absolute Gasteiger partial charge is 0.507 e. The first-order chi connectivity index (χ1) is 8.02. The monoisotopic (exact) mass is 228 g/mol. The predicted molar refractivity (Wildman–Crippen MR) is 73.8 cm³/mol. The number of hydrogen-bond acceptors (Lipinski definition) is 1. The topological polar surface area (TPSA) is 20.2 Å². The van der Waals surface area contributed by atoms with Gasteiger partial charge in [0.2, 0.25) is 0 Å². The lowest BCUT2D eigenvalue weighted by Gasteiger charge is -2.18. The average Bonchev–Trinajstić information content (AvgIpc) is 2.27. The van der Waals surface area contributed by atoms with Gasteiger partial charge in [0.25, 0.3) is 0 Å². The fraction of sp³-hybridized carbons (Fsp3) is 0.375. The molecule has 1 N–H and O–H groups in total. The van der Waals surface area contributed by atoms with E-state index in [4.69, 9.17) is 0 Å². The van der Waals surface area contributed by atoms with Crippen LogP contribution in [-0.4, -0.2) is 5.11 Å². The molecule has 0 amide bonds. The summed E-state index contributed by atoms with van der Waals surface area (Å²) in [6.07, 6.45) is 0. The molecule has 0 aliphatic carbocycles. The van der Waals surface area contributed by atoms with E-state index in [1.165, 1.54) is 10.8 Å². The smallest absolute Gasteiger partial charge is 0.123 e. The highest BCUT2D eigenvalue weighted by atomic mass is 16.3. The van der Waals surface area contributed by atoms with Crippen LogP contribution in [0.4, 0.5) is 0 Å². The van der Waals surface area contributed by atoms with Crippen molar-refractivity contribution >= 4 is 10.8 Å². The molecule has 1 nitrogen and oxygen atoms in total. The molecule has 17 heavy (non-hydrogen) atoms. The molecule has 0 heterocycles. The highest BCUT2D eigenvalue weighted by Crippen LogP contribution is 2.39. The van der Waals surface area contributed by atoms with Gasteiger partial charge >= 0.3 is 0 Å². The summed E-state index contributed by atoms with van der Waals surface area (Å²) < 4.78 is 0. The first-order valence-corrected chi connectivity index (χ1v) is 6.27. The molecule has 0 saturated heterocycles. The Hall–Kier alpha value is -1.50. The lowest BCUT2D eigenvalue weighted by Crippen LogP contribution is -1.97. The van der Waals surface area contributed by atoms with Crippen LogP contribution < -0.4 is 0 Å². The Labute approximate surface area is 103 Å². The van der Waals surface area contributed by atoms with Gasteiger partial charge in [-0.05, 0) is 34.2 Å². The molecule has 0 spiro atoms. The van der Waals surface area contributed by atoms with Crippen molar-refractivity contribution in [2.45, 2.75) is 39.5 Å². The molecule has 0 aliphatic heterocycles. The molecule has 0 aliphatic rings. The second-order valence-corrected chi connectivity index (χ2v) is 5.26. The molecule has 0 aromatic heterocycles. The fourth-order valence-electron chi connectivity index (χ4n) is 2.41. The van der Waals surface area contributed by atoms with Crippen molar-refractivity contribution < 1.29 is 5.11 Å². The molecule has 1 heteroatoms. The molecule has 90 valence electrons. The van der Waals surface area contributed by atoms with Crippen LogP contribution in [-0.2, 0) is 0 Å². The minimum absolute atomic E-state index is 0.332. The van der Waals surface area contributed by atoms with E-state index in [1.807, 2.05) is 12.1 Å². The number of hydrogen-bond donors (Lipinski definition) is 1. The van der Waals surface area contributed by atoms with Crippen LogP contribution in [0.5, 0.6) is 5.75 Å². The van der Waals surface area contributed by atoms with Gasteiger partial charge in [-0.15, -0.1) is 0 Å². The summed E-state index contributed by atoms with van der Waals surface area (Å²) in [4.78, 5) is 0. The molecular weight excluding hydrogens is 208 g/mol. The molecule has 0 radical (unpaired) electrons. The van der Waals surface area contributed by atoms with Gasteiger partial charge in [0.1, 0.15) is 5.75 Å². The van der Waals surface area contributed by atoms with Crippen LogP contribution in [0.25, 0.3) is 10.8 Å². The minimum atomic E-state index is 0.332. The van der Waals surface area contributed by atoms with E-state index in [0.29, 0.717) is 17.6 Å². The highest BCUT2D eigenvalue weighted by Gasteiger charge is 2.16. The first kappa shape index (κ1) is 12.0. The summed E-state index contributed by atoms with van der Waals surface area (Å²) in [5, 5.41) is 12.8. The van der Waals surface area contributed by atoms with Crippen LogP contribution in [0.3, 0.4) is 0 Å². The van der Waals surface area contributed by atoms with Crippen molar-refractivity contribution in [3.63, 3.8) is 0 Å². The van der Waals surface area contributed by atoms with E-state index in [-0.39, 0.29) is 0 Å². The number of fused-ring (bicyclic) bond motifs is 1. The SMILES string of the molecule is CC(C)c1cc2ccccc2c(C(C)C)c1O. The van der Waals surface area contributed by atoms with E-state index < -0.39 is 0 Å². The molecule has 0 bridgehead atoms. The van der Waals surface area contributed by atoms with Crippen LogP contribution in [0, 0.1) is 0 Å². The maximum absolute atomic E-state index is 10.4. The van der Waals surface area contributed by atoms with Gasteiger partial charge in [-0.1, -0.05) is 52.0 Å². The Morgan fingerprint density at radius 3 is 2.18 bits per heavy atom. The number of aromatic hydroxyl groups is 1. The van der Waals surface area contributed by atoms with Crippen molar-refractivity contribution in [1.29, 1.82) is 0 Å². The zero-order chi connectivity index (χ0) is 12.6. The molecular formula is C16H20O. The Kier molecular flexibility index (Phi) is 3.10. The summed E-state index contributed by atoms with van der Waals surface area (Å²) in [7, 11) is 0. The summed E-state index contributed by atoms with van der Waals surface area (Å²) in [5.74, 6) is 1.16. The Morgan fingerprint density at radius 1 is 0.941 bits per heavy atom. The van der Waals surface area contributed by atoms with Crippen LogP contribution in [0.2, 0.25) is 0 Å².